The van der Waals surface area contributed by atoms with Gasteiger partial charge in [0.15, 0.2) is 5.78 Å². The molecule has 0 aromatic heterocycles. The lowest BCUT2D eigenvalue weighted by atomic mass is 9.53. The SMILES string of the molecule is CC(C)C(=O)C(C)(C)CC(c1ccc(C(C)(C)C)cc1)C(C)(C)C(C)(C)CC(c1ccccc1)c1cccc(COC(C)(C)C(=O)C(C)O)c1.[B]C(C)(C)C(C)(C)CCc1ccccc1.[B]C(C)C. The minimum absolute atomic E-state index is 0.0282. The van der Waals surface area contributed by atoms with Crippen LogP contribution in [0.1, 0.15) is 203 Å². The van der Waals surface area contributed by atoms with Gasteiger partial charge >= 0.3 is 0 Å². The highest BCUT2D eigenvalue weighted by atomic mass is 16.5. The number of benzene rings is 4. The molecule has 4 aromatic carbocycles. The van der Waals surface area contributed by atoms with E-state index in [1.165, 1.54) is 34.7 Å². The maximum atomic E-state index is 13.6. The van der Waals surface area contributed by atoms with Crippen molar-refractivity contribution in [2.24, 2.45) is 27.6 Å². The van der Waals surface area contributed by atoms with Gasteiger partial charge in [-0.15, -0.1) is 0 Å². The first-order chi connectivity index (χ1) is 31.5. The fourth-order valence-corrected chi connectivity index (χ4v) is 8.92. The number of rotatable bonds is 20. The third-order valence-corrected chi connectivity index (χ3v) is 15.2. The molecule has 4 nitrogen and oxygen atoms in total. The molecule has 0 bridgehead atoms. The Bertz CT molecular complexity index is 2150. The summed E-state index contributed by atoms with van der Waals surface area (Å²) in [6, 6.07) is 39.0. The summed E-state index contributed by atoms with van der Waals surface area (Å²) in [7, 11) is 11.3. The number of ether oxygens (including phenoxy) is 1. The number of aryl methyl sites for hydroxylation is 1. The van der Waals surface area contributed by atoms with E-state index in [2.05, 4.69) is 193 Å². The highest BCUT2D eigenvalue weighted by molar-refractivity contribution is 6.15. The molecule has 69 heavy (non-hydrogen) atoms. The van der Waals surface area contributed by atoms with Crippen molar-refractivity contribution in [2.75, 3.05) is 0 Å². The summed E-state index contributed by atoms with van der Waals surface area (Å²) in [5, 5.41) is 9.77. The van der Waals surface area contributed by atoms with Gasteiger partial charge in [0, 0.05) is 17.3 Å². The molecular weight excluding hydrogens is 842 g/mol. The number of hydrogen-bond acceptors (Lipinski definition) is 4. The van der Waals surface area contributed by atoms with Crippen LogP contribution >= 0.6 is 0 Å². The van der Waals surface area contributed by atoms with Gasteiger partial charge in [-0.2, -0.15) is 0 Å². The van der Waals surface area contributed by atoms with E-state index in [1.807, 2.05) is 33.8 Å². The summed E-state index contributed by atoms with van der Waals surface area (Å²) in [6.45, 7) is 42.4. The molecule has 376 valence electrons. The highest BCUT2D eigenvalue weighted by Crippen LogP contribution is 2.57. The number of aliphatic hydroxyl groups excluding tert-OH is 1. The van der Waals surface area contributed by atoms with Crippen molar-refractivity contribution in [3.8, 4) is 0 Å². The lowest BCUT2D eigenvalue weighted by molar-refractivity contribution is -0.149. The van der Waals surface area contributed by atoms with E-state index in [-0.39, 0.29) is 57.1 Å². The molecule has 0 fully saturated rings. The van der Waals surface area contributed by atoms with Crippen LogP contribution in [0.2, 0.25) is 11.1 Å². The Balaban J connectivity index is 0.000000714. The Morgan fingerprint density at radius 3 is 1.52 bits per heavy atom. The predicted octanol–water partition coefficient (Wildman–Crippen LogP) is 16.2. The van der Waals surface area contributed by atoms with E-state index >= 15 is 0 Å². The first-order valence-corrected chi connectivity index (χ1v) is 25.7. The van der Waals surface area contributed by atoms with Crippen LogP contribution in [0.5, 0.6) is 0 Å². The number of Topliss-reactive ketones (excluding diaryl/α,β-unsaturated/α-hetero) is 2. The third-order valence-electron chi connectivity index (χ3n) is 15.2. The van der Waals surface area contributed by atoms with Crippen LogP contribution in [0.15, 0.2) is 109 Å². The molecule has 0 aliphatic heterocycles. The maximum absolute atomic E-state index is 13.6. The van der Waals surface area contributed by atoms with Crippen molar-refractivity contribution < 1.29 is 19.4 Å². The van der Waals surface area contributed by atoms with Gasteiger partial charge in [0.25, 0.3) is 0 Å². The lowest BCUT2D eigenvalue weighted by Crippen LogP contribution is -2.42. The van der Waals surface area contributed by atoms with Crippen LogP contribution in [-0.2, 0) is 32.8 Å². The number of carbonyl (C=O) groups is 2. The highest BCUT2D eigenvalue weighted by Gasteiger charge is 2.48. The van der Waals surface area contributed by atoms with Gasteiger partial charge in [-0.05, 0) is 107 Å². The Hall–Kier alpha value is -3.73. The van der Waals surface area contributed by atoms with E-state index in [0.717, 1.165) is 31.2 Å². The molecule has 4 radical (unpaired) electrons. The first kappa shape index (κ1) is 61.4. The summed E-state index contributed by atoms with van der Waals surface area (Å²) in [5.74, 6) is 0.517. The normalized spacial score (nSPS) is 14.2. The average molecular weight is 937 g/mol. The minimum atomic E-state index is -1.10. The zero-order valence-electron chi connectivity index (χ0n) is 47.1. The molecule has 0 spiro atoms. The topological polar surface area (TPSA) is 63.6 Å². The Morgan fingerprint density at radius 2 is 1.06 bits per heavy atom. The largest absolute Gasteiger partial charge is 0.385 e. The predicted molar refractivity (Wildman–Crippen MR) is 298 cm³/mol. The minimum Gasteiger partial charge on any atom is -0.385 e. The maximum Gasteiger partial charge on any atom is 0.192 e. The second kappa shape index (κ2) is 25.1. The van der Waals surface area contributed by atoms with Crippen LogP contribution in [0.25, 0.3) is 0 Å². The molecule has 3 atom stereocenters. The van der Waals surface area contributed by atoms with E-state index in [9.17, 15) is 14.7 Å². The van der Waals surface area contributed by atoms with Crippen molar-refractivity contribution in [1.29, 1.82) is 0 Å². The Kier molecular flexibility index (Phi) is 22.3. The summed E-state index contributed by atoms with van der Waals surface area (Å²) < 4.78 is 6.09. The second-order valence-electron chi connectivity index (χ2n) is 25.2. The summed E-state index contributed by atoms with van der Waals surface area (Å²) in [5.41, 5.74) is 5.69. The van der Waals surface area contributed by atoms with Crippen LogP contribution in [0, 0.1) is 27.6 Å². The monoisotopic (exact) mass is 937 g/mol. The van der Waals surface area contributed by atoms with Crippen molar-refractivity contribution in [1.82, 2.24) is 0 Å². The van der Waals surface area contributed by atoms with Crippen LogP contribution in [-0.4, -0.2) is 44.1 Å². The molecule has 0 saturated heterocycles. The Morgan fingerprint density at radius 1 is 0.580 bits per heavy atom. The van der Waals surface area contributed by atoms with Gasteiger partial charge in [0.2, 0.25) is 0 Å². The van der Waals surface area contributed by atoms with Crippen molar-refractivity contribution >= 4 is 27.3 Å². The fourth-order valence-electron chi connectivity index (χ4n) is 8.92. The van der Waals surface area contributed by atoms with Crippen LogP contribution in [0.3, 0.4) is 0 Å². The van der Waals surface area contributed by atoms with Gasteiger partial charge in [0.05, 0.1) is 22.3 Å². The first-order valence-electron chi connectivity index (χ1n) is 25.7. The number of aliphatic hydroxyl groups is 1. The van der Waals surface area contributed by atoms with Crippen molar-refractivity contribution in [3.63, 3.8) is 0 Å². The molecule has 3 unspecified atom stereocenters. The van der Waals surface area contributed by atoms with E-state index < -0.39 is 17.1 Å². The molecule has 0 heterocycles. The molecule has 0 amide bonds. The number of carbonyl (C=O) groups excluding carboxylic acids is 2. The zero-order chi connectivity index (χ0) is 53.0. The summed E-state index contributed by atoms with van der Waals surface area (Å²) in [6.07, 6.45) is 2.79. The quantitative estimate of drug-likeness (QED) is 0.0897. The summed E-state index contributed by atoms with van der Waals surface area (Å²) >= 11 is 0. The van der Waals surface area contributed by atoms with Gasteiger partial charge < -0.3 is 9.84 Å². The molecule has 0 saturated carbocycles. The van der Waals surface area contributed by atoms with E-state index in [1.54, 1.807) is 13.8 Å². The second-order valence-corrected chi connectivity index (χ2v) is 25.2. The zero-order valence-corrected chi connectivity index (χ0v) is 47.1. The fraction of sp³-hybridized carbons (Fsp3) is 0.587. The van der Waals surface area contributed by atoms with Gasteiger partial charge in [0.1, 0.15) is 17.5 Å². The standard InChI is InChI=1S/C46H66O4.C14H21B.C3H7B/c1-31(2)40(48)43(7,8)29-39(35-23-25-37(26-24-35)42(4,5)6)45(11,12)44(9,10)28-38(34-20-16-15-17-21-34)36-22-18-19-33(27-36)30-50-46(13,14)41(49)32(3)47;1-13(2,14(3,4)15)11-10-12-8-6-5-7-9-12;1-3(2)4/h15-27,31-32,38-39,47H,28-30H2,1-14H3;5-9H,10-11H2,1-4H3;3H,1-2H3. The van der Waals surface area contributed by atoms with Crippen LogP contribution in [0.4, 0.5) is 0 Å². The lowest BCUT2D eigenvalue weighted by Gasteiger charge is -2.51. The summed E-state index contributed by atoms with van der Waals surface area (Å²) in [4.78, 5) is 26.2. The van der Waals surface area contributed by atoms with Gasteiger partial charge in [-0.3, -0.25) is 9.59 Å². The molecular formula is C63H94B2O4. The van der Waals surface area contributed by atoms with Crippen molar-refractivity contribution in [2.45, 2.75) is 211 Å². The van der Waals surface area contributed by atoms with Gasteiger partial charge in [-0.25, -0.2) is 0 Å². The number of hydrogen-bond donors (Lipinski definition) is 1. The molecule has 1 N–H and O–H groups in total. The van der Waals surface area contributed by atoms with Gasteiger partial charge in [-0.1, -0.05) is 238 Å². The van der Waals surface area contributed by atoms with Crippen LogP contribution < -0.4 is 0 Å². The smallest absolute Gasteiger partial charge is 0.192 e. The molecule has 4 aromatic rings. The van der Waals surface area contributed by atoms with Crippen molar-refractivity contribution in [3.05, 3.63) is 143 Å². The Labute approximate surface area is 425 Å². The average Bonchev–Trinajstić information content (AvgIpc) is 3.25. The molecule has 0 aliphatic rings. The third kappa shape index (κ3) is 18.4. The van der Waals surface area contributed by atoms with E-state index in [0.29, 0.717) is 11.6 Å². The molecule has 4 rings (SSSR count). The molecule has 0 aliphatic carbocycles. The van der Waals surface area contributed by atoms with E-state index in [4.69, 9.17) is 20.4 Å². The number of ketones is 2. The molecule has 6 heteroatoms.